The van der Waals surface area contributed by atoms with Crippen LogP contribution in [-0.4, -0.2) is 24.2 Å². The van der Waals surface area contributed by atoms with Crippen molar-refractivity contribution >= 4 is 33.2 Å². The Labute approximate surface area is 130 Å². The van der Waals surface area contributed by atoms with Crippen molar-refractivity contribution in [1.29, 1.82) is 0 Å². The first kappa shape index (κ1) is 15.5. The molecule has 0 unspecified atom stereocenters. The average molecular weight is 353 g/mol. The fourth-order valence-corrected chi connectivity index (χ4v) is 2.39. The van der Waals surface area contributed by atoms with Gasteiger partial charge in [0.1, 0.15) is 5.82 Å². The summed E-state index contributed by atoms with van der Waals surface area (Å²) in [6.07, 6.45) is 0. The molecule has 0 fully saturated rings. The number of aliphatic hydroxyl groups excluding tert-OH is 1. The molecular formula is C15H14BrFN2O2. The van der Waals surface area contributed by atoms with Gasteiger partial charge in [0.2, 0.25) is 0 Å². The van der Waals surface area contributed by atoms with Crippen molar-refractivity contribution in [3.63, 3.8) is 0 Å². The van der Waals surface area contributed by atoms with Gasteiger partial charge in [-0.1, -0.05) is 12.1 Å². The van der Waals surface area contributed by atoms with Gasteiger partial charge in [0, 0.05) is 11.0 Å². The maximum absolute atomic E-state index is 13.4. The molecule has 2 rings (SSSR count). The monoisotopic (exact) mass is 352 g/mol. The first-order chi connectivity index (χ1) is 10.0. The Hall–Kier alpha value is -1.92. The summed E-state index contributed by atoms with van der Waals surface area (Å²) in [5, 5.41) is 9.19. The summed E-state index contributed by atoms with van der Waals surface area (Å²) in [6.45, 7) is -0.164. The van der Waals surface area contributed by atoms with E-state index in [2.05, 4.69) is 15.9 Å². The molecule has 1 amide bonds. The molecule has 0 aliphatic carbocycles. The molecule has 110 valence electrons. The van der Waals surface area contributed by atoms with Crippen LogP contribution < -0.4 is 10.6 Å². The Bertz CT molecular complexity index is 664. The molecule has 2 aromatic rings. The minimum atomic E-state index is -0.508. The van der Waals surface area contributed by atoms with Gasteiger partial charge in [-0.15, -0.1) is 0 Å². The Morgan fingerprint density at radius 1 is 1.29 bits per heavy atom. The summed E-state index contributed by atoms with van der Waals surface area (Å²) in [5.74, 6) is -0.945. The van der Waals surface area contributed by atoms with Gasteiger partial charge in [0.05, 0.1) is 23.5 Å². The van der Waals surface area contributed by atoms with Crippen LogP contribution in [0.15, 0.2) is 46.9 Å². The first-order valence-corrected chi connectivity index (χ1v) is 7.06. The largest absolute Gasteiger partial charge is 0.397 e. The van der Waals surface area contributed by atoms with E-state index in [9.17, 15) is 14.3 Å². The zero-order valence-electron chi connectivity index (χ0n) is 11.1. The summed E-state index contributed by atoms with van der Waals surface area (Å²) in [7, 11) is 0. The van der Waals surface area contributed by atoms with Crippen LogP contribution in [0.4, 0.5) is 15.8 Å². The van der Waals surface area contributed by atoms with Gasteiger partial charge in [-0.3, -0.25) is 4.79 Å². The zero-order chi connectivity index (χ0) is 15.4. The lowest BCUT2D eigenvalue weighted by Crippen LogP contribution is -2.34. The van der Waals surface area contributed by atoms with Crippen molar-refractivity contribution in [2.24, 2.45) is 0 Å². The molecule has 3 N–H and O–H groups in total. The van der Waals surface area contributed by atoms with Gasteiger partial charge in [0.15, 0.2) is 0 Å². The number of rotatable bonds is 4. The minimum Gasteiger partial charge on any atom is -0.397 e. The maximum Gasteiger partial charge on any atom is 0.259 e. The number of carbonyl (C=O) groups is 1. The summed E-state index contributed by atoms with van der Waals surface area (Å²) < 4.78 is 13.9. The number of amides is 1. The number of aliphatic hydroxyl groups is 1. The van der Waals surface area contributed by atoms with E-state index in [1.807, 2.05) is 0 Å². The topological polar surface area (TPSA) is 66.6 Å². The molecule has 0 aliphatic heterocycles. The van der Waals surface area contributed by atoms with Crippen LogP contribution in [-0.2, 0) is 0 Å². The smallest absolute Gasteiger partial charge is 0.259 e. The third-order valence-corrected chi connectivity index (χ3v) is 3.65. The van der Waals surface area contributed by atoms with E-state index in [1.54, 1.807) is 24.3 Å². The van der Waals surface area contributed by atoms with E-state index < -0.39 is 11.7 Å². The van der Waals surface area contributed by atoms with E-state index in [4.69, 9.17) is 5.73 Å². The normalized spacial score (nSPS) is 10.4. The second kappa shape index (κ2) is 6.69. The summed E-state index contributed by atoms with van der Waals surface area (Å²) in [6, 6.07) is 10.7. The van der Waals surface area contributed by atoms with Crippen LogP contribution in [0, 0.1) is 5.82 Å². The Kier molecular flexibility index (Phi) is 4.93. The van der Waals surface area contributed by atoms with Crippen LogP contribution in [0.25, 0.3) is 0 Å². The molecule has 4 nitrogen and oxygen atoms in total. The quantitative estimate of drug-likeness (QED) is 0.831. The number of hydrogen-bond donors (Lipinski definition) is 2. The zero-order valence-corrected chi connectivity index (χ0v) is 12.7. The molecule has 0 bridgehead atoms. The SMILES string of the molecule is Nc1ccccc1N(CCO)C(=O)c1cc(F)ccc1Br. The van der Waals surface area contributed by atoms with Crippen LogP contribution in [0.2, 0.25) is 0 Å². The predicted octanol–water partition coefficient (Wildman–Crippen LogP) is 2.81. The molecule has 6 heteroatoms. The highest BCUT2D eigenvalue weighted by molar-refractivity contribution is 9.10. The van der Waals surface area contributed by atoms with E-state index >= 15 is 0 Å². The fraction of sp³-hybridized carbons (Fsp3) is 0.133. The molecule has 0 radical (unpaired) electrons. The van der Waals surface area contributed by atoms with E-state index in [0.717, 1.165) is 6.07 Å². The van der Waals surface area contributed by atoms with Gasteiger partial charge in [-0.2, -0.15) is 0 Å². The predicted molar refractivity (Wildman–Crippen MR) is 83.7 cm³/mol. The second-order valence-electron chi connectivity index (χ2n) is 4.36. The molecule has 21 heavy (non-hydrogen) atoms. The van der Waals surface area contributed by atoms with Crippen molar-refractivity contribution in [3.8, 4) is 0 Å². The number of nitrogens with zero attached hydrogens (tertiary/aromatic N) is 1. The molecule has 0 saturated heterocycles. The molecule has 0 heterocycles. The van der Waals surface area contributed by atoms with E-state index in [-0.39, 0.29) is 18.7 Å². The average Bonchev–Trinajstić information content (AvgIpc) is 2.47. The second-order valence-corrected chi connectivity index (χ2v) is 5.22. The van der Waals surface area contributed by atoms with Crippen molar-refractivity contribution in [1.82, 2.24) is 0 Å². The van der Waals surface area contributed by atoms with Gasteiger partial charge < -0.3 is 15.7 Å². The molecule has 0 aliphatic rings. The fourth-order valence-electron chi connectivity index (χ4n) is 1.97. The number of benzene rings is 2. The van der Waals surface area contributed by atoms with Crippen LogP contribution in [0.3, 0.4) is 0 Å². The lowest BCUT2D eigenvalue weighted by molar-refractivity contribution is 0.0980. The highest BCUT2D eigenvalue weighted by Gasteiger charge is 2.21. The number of hydrogen-bond acceptors (Lipinski definition) is 3. The van der Waals surface area contributed by atoms with Gasteiger partial charge >= 0.3 is 0 Å². The Morgan fingerprint density at radius 3 is 2.67 bits per heavy atom. The lowest BCUT2D eigenvalue weighted by atomic mass is 10.1. The summed E-state index contributed by atoms with van der Waals surface area (Å²) >= 11 is 3.23. The molecule has 0 atom stereocenters. The van der Waals surface area contributed by atoms with Gasteiger partial charge in [-0.05, 0) is 46.3 Å². The maximum atomic E-state index is 13.4. The third-order valence-electron chi connectivity index (χ3n) is 2.96. The number of anilines is 2. The Morgan fingerprint density at radius 2 is 2.00 bits per heavy atom. The molecule has 2 aromatic carbocycles. The number of para-hydroxylation sites is 2. The van der Waals surface area contributed by atoms with Crippen molar-refractivity contribution in [3.05, 3.63) is 58.3 Å². The standard InChI is InChI=1S/C15H14BrFN2O2/c16-12-6-5-10(17)9-11(12)15(21)19(7-8-20)14-4-2-1-3-13(14)18/h1-6,9,20H,7-8,18H2. The highest BCUT2D eigenvalue weighted by atomic mass is 79.9. The van der Waals surface area contributed by atoms with Gasteiger partial charge in [0.25, 0.3) is 5.91 Å². The Balaban J connectivity index is 2.45. The summed E-state index contributed by atoms with van der Waals surface area (Å²) in [5.41, 5.74) is 6.94. The van der Waals surface area contributed by atoms with E-state index in [1.165, 1.54) is 17.0 Å². The third kappa shape index (κ3) is 3.40. The van der Waals surface area contributed by atoms with Crippen molar-refractivity contribution < 1.29 is 14.3 Å². The van der Waals surface area contributed by atoms with Gasteiger partial charge in [-0.25, -0.2) is 4.39 Å². The number of carbonyl (C=O) groups excluding carboxylic acids is 1. The molecular weight excluding hydrogens is 339 g/mol. The van der Waals surface area contributed by atoms with Crippen molar-refractivity contribution in [2.75, 3.05) is 23.8 Å². The number of nitrogens with two attached hydrogens (primary N) is 1. The van der Waals surface area contributed by atoms with E-state index in [0.29, 0.717) is 15.8 Å². The van der Waals surface area contributed by atoms with Crippen LogP contribution in [0.5, 0.6) is 0 Å². The molecule has 0 aromatic heterocycles. The van der Waals surface area contributed by atoms with Crippen molar-refractivity contribution in [2.45, 2.75) is 0 Å². The number of halogens is 2. The van der Waals surface area contributed by atoms with Crippen LogP contribution in [0.1, 0.15) is 10.4 Å². The lowest BCUT2D eigenvalue weighted by Gasteiger charge is -2.24. The molecule has 0 saturated carbocycles. The van der Waals surface area contributed by atoms with Crippen LogP contribution >= 0.6 is 15.9 Å². The first-order valence-electron chi connectivity index (χ1n) is 6.27. The summed E-state index contributed by atoms with van der Waals surface area (Å²) in [4.78, 5) is 14.0. The number of nitrogen functional groups attached to an aromatic ring is 1. The highest BCUT2D eigenvalue weighted by Crippen LogP contribution is 2.26. The molecule has 0 spiro atoms. The minimum absolute atomic E-state index is 0.0655.